The number of hydrogen-bond acceptors (Lipinski definition) is 1. The Labute approximate surface area is 91.4 Å². The topological polar surface area (TPSA) is 9.23 Å². The minimum absolute atomic E-state index is 0.158. The van der Waals surface area contributed by atoms with Gasteiger partial charge in [0.1, 0.15) is 5.82 Å². The maximum atomic E-state index is 12.9. The molecule has 1 aromatic rings. The predicted octanol–water partition coefficient (Wildman–Crippen LogP) is 3.18. The Morgan fingerprint density at radius 3 is 2.77 bits per heavy atom. The quantitative estimate of drug-likeness (QED) is 0.778. The summed E-state index contributed by atoms with van der Waals surface area (Å²) in [4.78, 5) is 0. The number of halogens is 2. The first-order valence-electron chi connectivity index (χ1n) is 4.09. The molecular weight excluding hydrogens is 282 g/mol. The van der Waals surface area contributed by atoms with Gasteiger partial charge in [-0.15, -0.1) is 0 Å². The minimum Gasteiger partial charge on any atom is -0.384 e. The van der Waals surface area contributed by atoms with Crippen molar-refractivity contribution >= 4 is 22.6 Å². The summed E-state index contributed by atoms with van der Waals surface area (Å²) in [6.45, 7) is 2.73. The van der Waals surface area contributed by atoms with Crippen LogP contribution in [-0.4, -0.2) is 13.7 Å². The second-order valence-corrected chi connectivity index (χ2v) is 4.19. The molecule has 3 heteroatoms. The molecule has 0 aliphatic heterocycles. The van der Waals surface area contributed by atoms with Crippen molar-refractivity contribution in [1.82, 2.24) is 0 Å². The maximum absolute atomic E-state index is 12.9. The van der Waals surface area contributed by atoms with Gasteiger partial charge in [-0.1, -0.05) is 13.0 Å². The Hall–Kier alpha value is -0.160. The smallest absolute Gasteiger partial charge is 0.136 e. The average molecular weight is 294 g/mol. The van der Waals surface area contributed by atoms with Crippen LogP contribution in [0.15, 0.2) is 18.2 Å². The van der Waals surface area contributed by atoms with Crippen molar-refractivity contribution in [2.45, 2.75) is 12.8 Å². The van der Waals surface area contributed by atoms with Crippen LogP contribution in [0.1, 0.15) is 18.4 Å². The number of hydrogen-bond donors (Lipinski definition) is 0. The van der Waals surface area contributed by atoms with E-state index in [0.29, 0.717) is 16.1 Å². The molecule has 0 bridgehead atoms. The number of rotatable bonds is 3. The molecule has 1 unspecified atom stereocenters. The molecule has 1 rings (SSSR count). The van der Waals surface area contributed by atoms with Gasteiger partial charge in [-0.05, 0) is 40.3 Å². The van der Waals surface area contributed by atoms with E-state index >= 15 is 0 Å². The first-order valence-corrected chi connectivity index (χ1v) is 5.17. The van der Waals surface area contributed by atoms with Gasteiger partial charge >= 0.3 is 0 Å². The molecule has 0 saturated heterocycles. The van der Waals surface area contributed by atoms with Crippen molar-refractivity contribution < 1.29 is 9.13 Å². The number of benzene rings is 1. The summed E-state index contributed by atoms with van der Waals surface area (Å²) in [5.74, 6) is 0.160. The van der Waals surface area contributed by atoms with E-state index in [9.17, 15) is 4.39 Å². The molecule has 0 heterocycles. The average Bonchev–Trinajstić information content (AvgIpc) is 2.10. The molecule has 0 fully saturated rings. The predicted molar refractivity (Wildman–Crippen MR) is 59.4 cm³/mol. The van der Waals surface area contributed by atoms with E-state index in [1.807, 2.05) is 28.7 Å². The van der Waals surface area contributed by atoms with Crippen LogP contribution in [0, 0.1) is 9.39 Å². The summed E-state index contributed by atoms with van der Waals surface area (Å²) in [7, 11) is 1.67. The Kier molecular flexibility index (Phi) is 4.12. The molecule has 0 aliphatic rings. The SMILES string of the molecule is COCC(C)c1ccc(F)c(I)c1. The van der Waals surface area contributed by atoms with Crippen LogP contribution in [0.4, 0.5) is 4.39 Å². The van der Waals surface area contributed by atoms with Gasteiger partial charge in [0, 0.05) is 16.6 Å². The van der Waals surface area contributed by atoms with Crippen molar-refractivity contribution in [1.29, 1.82) is 0 Å². The molecule has 0 spiro atoms. The summed E-state index contributed by atoms with van der Waals surface area (Å²) in [6, 6.07) is 5.17. The molecule has 0 saturated carbocycles. The Morgan fingerprint density at radius 2 is 2.23 bits per heavy atom. The zero-order valence-electron chi connectivity index (χ0n) is 7.68. The van der Waals surface area contributed by atoms with Crippen LogP contribution in [0.25, 0.3) is 0 Å². The van der Waals surface area contributed by atoms with E-state index in [-0.39, 0.29) is 5.82 Å². The highest BCUT2D eigenvalue weighted by Crippen LogP contribution is 2.19. The highest BCUT2D eigenvalue weighted by atomic mass is 127. The molecule has 13 heavy (non-hydrogen) atoms. The summed E-state index contributed by atoms with van der Waals surface area (Å²) in [6.07, 6.45) is 0. The molecular formula is C10H12FIO. The first-order chi connectivity index (χ1) is 6.15. The van der Waals surface area contributed by atoms with Gasteiger partial charge in [0.05, 0.1) is 6.61 Å². The molecule has 1 atom stereocenters. The van der Waals surface area contributed by atoms with Crippen molar-refractivity contribution in [3.63, 3.8) is 0 Å². The lowest BCUT2D eigenvalue weighted by atomic mass is 10.0. The third kappa shape index (κ3) is 2.91. The lowest BCUT2D eigenvalue weighted by Gasteiger charge is -2.10. The van der Waals surface area contributed by atoms with Crippen molar-refractivity contribution in [3.05, 3.63) is 33.1 Å². The van der Waals surface area contributed by atoms with E-state index in [1.165, 1.54) is 6.07 Å². The molecule has 72 valence electrons. The van der Waals surface area contributed by atoms with E-state index in [1.54, 1.807) is 13.2 Å². The second kappa shape index (κ2) is 4.91. The fourth-order valence-electron chi connectivity index (χ4n) is 1.17. The van der Waals surface area contributed by atoms with Crippen molar-refractivity contribution in [2.24, 2.45) is 0 Å². The van der Waals surface area contributed by atoms with Crippen molar-refractivity contribution in [3.8, 4) is 0 Å². The molecule has 0 aliphatic carbocycles. The van der Waals surface area contributed by atoms with Crippen LogP contribution < -0.4 is 0 Å². The number of ether oxygens (including phenoxy) is 1. The van der Waals surface area contributed by atoms with E-state index in [0.717, 1.165) is 5.56 Å². The maximum Gasteiger partial charge on any atom is 0.136 e. The van der Waals surface area contributed by atoms with Gasteiger partial charge in [-0.25, -0.2) is 4.39 Å². The standard InChI is InChI=1S/C10H12FIO/c1-7(6-13-2)8-3-4-9(11)10(12)5-8/h3-5,7H,6H2,1-2H3. The van der Waals surface area contributed by atoms with Crippen LogP contribution in [-0.2, 0) is 4.74 Å². The molecule has 0 amide bonds. The van der Waals surface area contributed by atoms with Gasteiger partial charge < -0.3 is 4.74 Å². The normalized spacial score (nSPS) is 12.9. The fraction of sp³-hybridized carbons (Fsp3) is 0.400. The van der Waals surface area contributed by atoms with Crippen molar-refractivity contribution in [2.75, 3.05) is 13.7 Å². The van der Waals surface area contributed by atoms with E-state index < -0.39 is 0 Å². The van der Waals surface area contributed by atoms with Gasteiger partial charge in [0.25, 0.3) is 0 Å². The monoisotopic (exact) mass is 294 g/mol. The molecule has 0 aromatic heterocycles. The fourth-order valence-corrected chi connectivity index (χ4v) is 1.70. The highest BCUT2D eigenvalue weighted by Gasteiger charge is 2.07. The lowest BCUT2D eigenvalue weighted by molar-refractivity contribution is 0.184. The van der Waals surface area contributed by atoms with Gasteiger partial charge in [0.15, 0.2) is 0 Å². The Morgan fingerprint density at radius 1 is 1.54 bits per heavy atom. The minimum atomic E-state index is -0.158. The van der Waals surface area contributed by atoms with Gasteiger partial charge in [-0.3, -0.25) is 0 Å². The Bertz CT molecular complexity index is 288. The lowest BCUT2D eigenvalue weighted by Crippen LogP contribution is -2.02. The van der Waals surface area contributed by atoms with Crippen LogP contribution in [0.5, 0.6) is 0 Å². The zero-order chi connectivity index (χ0) is 9.84. The Balaban J connectivity index is 2.84. The van der Waals surface area contributed by atoms with E-state index in [2.05, 4.69) is 6.92 Å². The molecule has 0 N–H and O–H groups in total. The largest absolute Gasteiger partial charge is 0.384 e. The molecule has 1 nitrogen and oxygen atoms in total. The summed E-state index contributed by atoms with van der Waals surface area (Å²) >= 11 is 2.00. The molecule has 1 aromatic carbocycles. The van der Waals surface area contributed by atoms with Crippen LogP contribution in [0.2, 0.25) is 0 Å². The first kappa shape index (κ1) is 10.9. The second-order valence-electron chi connectivity index (χ2n) is 3.03. The van der Waals surface area contributed by atoms with Crippen LogP contribution in [0.3, 0.4) is 0 Å². The summed E-state index contributed by atoms with van der Waals surface area (Å²) < 4.78 is 18.6. The van der Waals surface area contributed by atoms with Gasteiger partial charge in [0.2, 0.25) is 0 Å². The van der Waals surface area contributed by atoms with E-state index in [4.69, 9.17) is 4.74 Å². The zero-order valence-corrected chi connectivity index (χ0v) is 9.84. The third-order valence-electron chi connectivity index (χ3n) is 1.93. The summed E-state index contributed by atoms with van der Waals surface area (Å²) in [5, 5.41) is 0. The third-order valence-corrected chi connectivity index (χ3v) is 2.76. The summed E-state index contributed by atoms with van der Waals surface area (Å²) in [5.41, 5.74) is 1.12. The number of methoxy groups -OCH3 is 1. The van der Waals surface area contributed by atoms with Crippen LogP contribution >= 0.6 is 22.6 Å². The molecule has 0 radical (unpaired) electrons. The highest BCUT2D eigenvalue weighted by molar-refractivity contribution is 14.1. The van der Waals surface area contributed by atoms with Gasteiger partial charge in [-0.2, -0.15) is 0 Å².